The highest BCUT2D eigenvalue weighted by atomic mass is 35.5. The SMILES string of the molecule is Cl.O=C(NCc1ccc(F)cc1F)c1cscn1. The van der Waals surface area contributed by atoms with Gasteiger partial charge in [0, 0.05) is 23.6 Å². The Morgan fingerprint density at radius 2 is 2.17 bits per heavy atom. The van der Waals surface area contributed by atoms with E-state index in [1.807, 2.05) is 0 Å². The fourth-order valence-electron chi connectivity index (χ4n) is 1.26. The number of hydrogen-bond donors (Lipinski definition) is 1. The van der Waals surface area contributed by atoms with Gasteiger partial charge < -0.3 is 5.32 Å². The van der Waals surface area contributed by atoms with E-state index in [9.17, 15) is 13.6 Å². The molecular formula is C11H9ClF2N2OS. The van der Waals surface area contributed by atoms with Gasteiger partial charge in [0.05, 0.1) is 5.51 Å². The summed E-state index contributed by atoms with van der Waals surface area (Å²) >= 11 is 1.30. The number of aromatic nitrogens is 1. The van der Waals surface area contributed by atoms with E-state index in [1.165, 1.54) is 22.9 Å². The summed E-state index contributed by atoms with van der Waals surface area (Å²) in [5.74, 6) is -1.70. The van der Waals surface area contributed by atoms with E-state index in [4.69, 9.17) is 0 Å². The van der Waals surface area contributed by atoms with Crippen molar-refractivity contribution in [1.29, 1.82) is 0 Å². The summed E-state index contributed by atoms with van der Waals surface area (Å²) in [6.07, 6.45) is 0. The Kier molecular flexibility index (Phi) is 5.18. The van der Waals surface area contributed by atoms with Crippen LogP contribution in [0.5, 0.6) is 0 Å². The van der Waals surface area contributed by atoms with Gasteiger partial charge in [-0.3, -0.25) is 4.79 Å². The van der Waals surface area contributed by atoms with Crippen LogP contribution in [0.25, 0.3) is 0 Å². The van der Waals surface area contributed by atoms with Crippen LogP contribution in [0.3, 0.4) is 0 Å². The first-order valence-electron chi connectivity index (χ1n) is 4.77. The molecule has 0 saturated carbocycles. The number of halogens is 3. The Labute approximate surface area is 112 Å². The normalized spacial score (nSPS) is 9.67. The molecular weight excluding hydrogens is 282 g/mol. The number of hydrogen-bond acceptors (Lipinski definition) is 3. The third kappa shape index (κ3) is 3.48. The van der Waals surface area contributed by atoms with Crippen molar-refractivity contribution in [2.24, 2.45) is 0 Å². The molecule has 0 spiro atoms. The highest BCUT2D eigenvalue weighted by Gasteiger charge is 2.09. The minimum Gasteiger partial charge on any atom is -0.346 e. The van der Waals surface area contributed by atoms with E-state index in [0.717, 1.165) is 12.1 Å². The van der Waals surface area contributed by atoms with Gasteiger partial charge in [0.25, 0.3) is 5.91 Å². The number of rotatable bonds is 3. The fraction of sp³-hybridized carbons (Fsp3) is 0.0909. The van der Waals surface area contributed by atoms with Gasteiger partial charge in [-0.05, 0) is 6.07 Å². The maximum absolute atomic E-state index is 13.2. The second kappa shape index (κ2) is 6.42. The van der Waals surface area contributed by atoms with Crippen molar-refractivity contribution in [2.75, 3.05) is 0 Å². The average Bonchev–Trinajstić information content (AvgIpc) is 2.81. The molecule has 2 aromatic rings. The molecule has 1 amide bonds. The van der Waals surface area contributed by atoms with Crippen molar-refractivity contribution in [3.05, 3.63) is 52.0 Å². The third-order valence-corrected chi connectivity index (χ3v) is 2.71. The van der Waals surface area contributed by atoms with Crippen molar-refractivity contribution in [2.45, 2.75) is 6.54 Å². The van der Waals surface area contributed by atoms with Crippen LogP contribution in [-0.4, -0.2) is 10.9 Å². The number of thiazole rings is 1. The number of benzene rings is 1. The lowest BCUT2D eigenvalue weighted by Gasteiger charge is -2.04. The smallest absolute Gasteiger partial charge is 0.271 e. The van der Waals surface area contributed by atoms with Gasteiger partial charge in [0.2, 0.25) is 0 Å². The molecule has 1 aromatic carbocycles. The summed E-state index contributed by atoms with van der Waals surface area (Å²) in [6, 6.07) is 3.23. The van der Waals surface area contributed by atoms with Gasteiger partial charge in [0.1, 0.15) is 17.3 Å². The number of carbonyl (C=O) groups is 1. The van der Waals surface area contributed by atoms with Gasteiger partial charge in [-0.1, -0.05) is 6.07 Å². The molecule has 96 valence electrons. The summed E-state index contributed by atoms with van der Waals surface area (Å²) < 4.78 is 25.9. The Bertz CT molecular complexity index is 534. The quantitative estimate of drug-likeness (QED) is 0.944. The number of carbonyl (C=O) groups excluding carboxylic acids is 1. The van der Waals surface area contributed by atoms with Crippen LogP contribution in [-0.2, 0) is 6.54 Å². The van der Waals surface area contributed by atoms with Crippen molar-refractivity contribution in [3.8, 4) is 0 Å². The largest absolute Gasteiger partial charge is 0.346 e. The molecule has 0 aliphatic heterocycles. The number of amides is 1. The lowest BCUT2D eigenvalue weighted by atomic mass is 10.2. The molecule has 0 radical (unpaired) electrons. The fourth-order valence-corrected chi connectivity index (χ4v) is 1.79. The van der Waals surface area contributed by atoms with Gasteiger partial charge >= 0.3 is 0 Å². The van der Waals surface area contributed by atoms with Crippen LogP contribution < -0.4 is 5.32 Å². The van der Waals surface area contributed by atoms with Gasteiger partial charge in [-0.2, -0.15) is 0 Å². The molecule has 0 bridgehead atoms. The molecule has 18 heavy (non-hydrogen) atoms. The van der Waals surface area contributed by atoms with E-state index >= 15 is 0 Å². The van der Waals surface area contributed by atoms with E-state index in [-0.39, 0.29) is 36.1 Å². The van der Waals surface area contributed by atoms with E-state index in [2.05, 4.69) is 10.3 Å². The van der Waals surface area contributed by atoms with Crippen LogP contribution in [0.15, 0.2) is 29.1 Å². The second-order valence-corrected chi connectivity index (χ2v) is 4.01. The topological polar surface area (TPSA) is 42.0 Å². The monoisotopic (exact) mass is 290 g/mol. The van der Waals surface area contributed by atoms with Crippen LogP contribution in [0.2, 0.25) is 0 Å². The summed E-state index contributed by atoms with van der Waals surface area (Å²) in [7, 11) is 0. The van der Waals surface area contributed by atoms with Crippen molar-refractivity contribution in [1.82, 2.24) is 10.3 Å². The Hall–Kier alpha value is -1.53. The third-order valence-electron chi connectivity index (χ3n) is 2.12. The molecule has 1 heterocycles. The molecule has 2 rings (SSSR count). The van der Waals surface area contributed by atoms with Crippen molar-refractivity contribution < 1.29 is 13.6 Å². The predicted molar refractivity (Wildman–Crippen MR) is 66.9 cm³/mol. The van der Waals surface area contributed by atoms with Crippen LogP contribution in [0.1, 0.15) is 16.1 Å². The van der Waals surface area contributed by atoms with Crippen LogP contribution in [0.4, 0.5) is 8.78 Å². The first-order chi connectivity index (χ1) is 8.16. The molecule has 1 N–H and O–H groups in total. The lowest BCUT2D eigenvalue weighted by Crippen LogP contribution is -2.23. The summed E-state index contributed by atoms with van der Waals surface area (Å²) in [4.78, 5) is 15.3. The van der Waals surface area contributed by atoms with Gasteiger partial charge in [-0.15, -0.1) is 23.7 Å². The molecule has 0 atom stereocenters. The Morgan fingerprint density at radius 1 is 1.39 bits per heavy atom. The number of nitrogens with one attached hydrogen (secondary N) is 1. The molecule has 0 saturated heterocycles. The maximum atomic E-state index is 13.2. The first kappa shape index (κ1) is 14.5. The highest BCUT2D eigenvalue weighted by molar-refractivity contribution is 7.07. The number of nitrogens with zero attached hydrogens (tertiary/aromatic N) is 1. The van der Waals surface area contributed by atoms with E-state index < -0.39 is 11.6 Å². The van der Waals surface area contributed by atoms with Crippen molar-refractivity contribution >= 4 is 29.7 Å². The lowest BCUT2D eigenvalue weighted by molar-refractivity contribution is 0.0946. The maximum Gasteiger partial charge on any atom is 0.271 e. The second-order valence-electron chi connectivity index (χ2n) is 3.29. The first-order valence-corrected chi connectivity index (χ1v) is 5.71. The average molecular weight is 291 g/mol. The minimum absolute atomic E-state index is 0. The molecule has 0 aliphatic carbocycles. The van der Waals surface area contributed by atoms with Crippen LogP contribution >= 0.6 is 23.7 Å². The summed E-state index contributed by atoms with van der Waals surface area (Å²) in [5.41, 5.74) is 2.06. The van der Waals surface area contributed by atoms with Gasteiger partial charge in [0.15, 0.2) is 0 Å². The molecule has 3 nitrogen and oxygen atoms in total. The summed E-state index contributed by atoms with van der Waals surface area (Å²) in [5, 5.41) is 4.10. The minimum atomic E-state index is -0.677. The standard InChI is InChI=1S/C11H8F2N2OS.ClH/c12-8-2-1-7(9(13)3-8)4-14-11(16)10-5-17-6-15-10;/h1-3,5-6H,4H2,(H,14,16);1H. The predicted octanol–water partition coefficient (Wildman–Crippen LogP) is 2.77. The molecule has 7 heteroatoms. The highest BCUT2D eigenvalue weighted by Crippen LogP contribution is 2.09. The van der Waals surface area contributed by atoms with Crippen molar-refractivity contribution in [3.63, 3.8) is 0 Å². The Morgan fingerprint density at radius 3 is 2.78 bits per heavy atom. The Balaban J connectivity index is 0.00000162. The zero-order chi connectivity index (χ0) is 12.3. The summed E-state index contributed by atoms with van der Waals surface area (Å²) in [6.45, 7) is 0.00245. The van der Waals surface area contributed by atoms with Gasteiger partial charge in [-0.25, -0.2) is 13.8 Å². The zero-order valence-electron chi connectivity index (χ0n) is 9.02. The molecule has 1 aromatic heterocycles. The van der Waals surface area contributed by atoms with E-state index in [0.29, 0.717) is 0 Å². The molecule has 0 fully saturated rings. The van der Waals surface area contributed by atoms with E-state index in [1.54, 1.807) is 5.38 Å². The molecule has 0 unspecified atom stereocenters. The zero-order valence-corrected chi connectivity index (χ0v) is 10.7. The van der Waals surface area contributed by atoms with Crippen LogP contribution in [0, 0.1) is 11.6 Å². The molecule has 0 aliphatic rings.